The van der Waals surface area contributed by atoms with Crippen LogP contribution < -0.4 is 4.74 Å². The summed E-state index contributed by atoms with van der Waals surface area (Å²) in [5, 5.41) is 18.2. The van der Waals surface area contributed by atoms with E-state index < -0.39 is 35.9 Å². The van der Waals surface area contributed by atoms with Crippen LogP contribution in [0.2, 0.25) is 0 Å². The van der Waals surface area contributed by atoms with Gasteiger partial charge in [-0.05, 0) is 87.2 Å². The van der Waals surface area contributed by atoms with Crippen molar-refractivity contribution in [1.82, 2.24) is 0 Å². The summed E-state index contributed by atoms with van der Waals surface area (Å²) < 4.78 is 94.9. The third-order valence-corrected chi connectivity index (χ3v) is 6.43. The van der Waals surface area contributed by atoms with E-state index in [1.165, 1.54) is 25.3 Å². The van der Waals surface area contributed by atoms with Crippen molar-refractivity contribution in [2.45, 2.75) is 45.3 Å². The smallest absolute Gasteiger partial charge is 0.416 e. The molecule has 0 atom stereocenters. The first-order valence-electron chi connectivity index (χ1n) is 10.8. The van der Waals surface area contributed by atoms with Gasteiger partial charge < -0.3 is 14.9 Å². The molecule has 3 nitrogen and oxygen atoms in total. The third kappa shape index (κ3) is 7.81. The van der Waals surface area contributed by atoms with Crippen LogP contribution in [0.25, 0.3) is 11.1 Å². The Bertz CT molecular complexity index is 1220. The number of ether oxygens (including phenoxy) is 1. The molecule has 202 valence electrons. The Morgan fingerprint density at radius 2 is 1.30 bits per heavy atom. The van der Waals surface area contributed by atoms with E-state index >= 15 is 0 Å². The van der Waals surface area contributed by atoms with Gasteiger partial charge in [0.1, 0.15) is 11.6 Å². The first-order chi connectivity index (χ1) is 17.1. The highest BCUT2D eigenvalue weighted by Crippen LogP contribution is 2.39. The molecule has 0 fully saturated rings. The average Bonchev–Trinajstić information content (AvgIpc) is 2.82. The highest BCUT2D eigenvalue weighted by molar-refractivity contribution is 14.1. The van der Waals surface area contributed by atoms with Gasteiger partial charge in [-0.25, -0.2) is 4.39 Å². The number of hydrogen-bond donors (Lipinski definition) is 2. The number of halogens is 8. The van der Waals surface area contributed by atoms with Crippen molar-refractivity contribution in [3.8, 4) is 16.9 Å². The SMILES string of the molecule is COc1cc(F)c(C(C)C)cc1-c1ccc(C(F)(F)F)cc1CO.OCc1cc(C(F)(F)F)ccc1I. The fourth-order valence-corrected chi connectivity index (χ4v) is 3.94. The van der Waals surface area contributed by atoms with E-state index in [1.807, 2.05) is 36.4 Å². The topological polar surface area (TPSA) is 49.7 Å². The lowest BCUT2D eigenvalue weighted by Crippen LogP contribution is -2.06. The molecule has 0 saturated heterocycles. The summed E-state index contributed by atoms with van der Waals surface area (Å²) in [6, 6.07) is 9.18. The van der Waals surface area contributed by atoms with Crippen molar-refractivity contribution in [1.29, 1.82) is 0 Å². The fourth-order valence-electron chi connectivity index (χ4n) is 3.43. The van der Waals surface area contributed by atoms with Crippen LogP contribution in [-0.4, -0.2) is 17.3 Å². The van der Waals surface area contributed by atoms with Crippen LogP contribution in [0.4, 0.5) is 30.7 Å². The van der Waals surface area contributed by atoms with E-state index in [-0.39, 0.29) is 23.8 Å². The van der Waals surface area contributed by atoms with Gasteiger partial charge in [0.25, 0.3) is 0 Å². The quantitative estimate of drug-likeness (QED) is 0.219. The molecule has 3 aromatic carbocycles. The van der Waals surface area contributed by atoms with Gasteiger partial charge >= 0.3 is 12.4 Å². The van der Waals surface area contributed by atoms with Gasteiger partial charge in [-0.1, -0.05) is 19.9 Å². The highest BCUT2D eigenvalue weighted by atomic mass is 127. The van der Waals surface area contributed by atoms with Crippen LogP contribution in [-0.2, 0) is 25.6 Å². The molecule has 0 unspecified atom stereocenters. The number of methoxy groups -OCH3 is 1. The Kier molecular flexibility index (Phi) is 10.4. The summed E-state index contributed by atoms with van der Waals surface area (Å²) in [7, 11) is 1.36. The van der Waals surface area contributed by atoms with E-state index in [0.29, 0.717) is 25.8 Å². The normalized spacial score (nSPS) is 11.8. The number of rotatable bonds is 5. The minimum Gasteiger partial charge on any atom is -0.496 e. The fraction of sp³-hybridized carbons (Fsp3) is 0.308. The molecule has 0 aliphatic rings. The van der Waals surface area contributed by atoms with Crippen LogP contribution in [0.1, 0.15) is 47.6 Å². The standard InChI is InChI=1S/C18H18F4O2.C8H6F3IO/c1-10(2)14-7-15(17(24-3)8-16(14)19)13-5-4-12(18(20,21)22)6-11(13)9-23;9-8(10,11)6-1-2-7(12)5(3-6)4-13/h4-8,10,23H,9H2,1-3H3;1-3,13H,4H2. The van der Waals surface area contributed by atoms with Crippen molar-refractivity contribution in [3.05, 3.63) is 85.7 Å². The first-order valence-corrected chi connectivity index (χ1v) is 11.9. The summed E-state index contributed by atoms with van der Waals surface area (Å²) in [4.78, 5) is 0. The summed E-state index contributed by atoms with van der Waals surface area (Å²) in [5.41, 5.74) is 0.0801. The van der Waals surface area contributed by atoms with Gasteiger partial charge in [-0.2, -0.15) is 26.3 Å². The lowest BCUT2D eigenvalue weighted by Gasteiger charge is -2.17. The van der Waals surface area contributed by atoms with Gasteiger partial charge in [0.15, 0.2) is 0 Å². The molecule has 0 radical (unpaired) electrons. The molecule has 3 rings (SSSR count). The molecule has 0 aliphatic heterocycles. The number of aliphatic hydroxyl groups excluding tert-OH is 2. The largest absolute Gasteiger partial charge is 0.496 e. The summed E-state index contributed by atoms with van der Waals surface area (Å²) in [5.74, 6) is -0.351. The lowest BCUT2D eigenvalue weighted by atomic mass is 9.92. The second-order valence-electron chi connectivity index (χ2n) is 8.22. The van der Waals surface area contributed by atoms with Gasteiger partial charge in [0.2, 0.25) is 0 Å². The molecule has 37 heavy (non-hydrogen) atoms. The molecule has 0 amide bonds. The Balaban J connectivity index is 0.000000312. The summed E-state index contributed by atoms with van der Waals surface area (Å²) in [6.07, 6.45) is -8.84. The van der Waals surface area contributed by atoms with Crippen LogP contribution in [0, 0.1) is 9.39 Å². The zero-order valence-electron chi connectivity index (χ0n) is 19.9. The van der Waals surface area contributed by atoms with Gasteiger partial charge in [-0.15, -0.1) is 0 Å². The molecule has 3 aromatic rings. The predicted octanol–water partition coefficient (Wildman–Crippen LogP) is 7.94. The first kappa shape index (κ1) is 30.8. The van der Waals surface area contributed by atoms with Crippen molar-refractivity contribution >= 4 is 22.6 Å². The molecule has 0 heterocycles. The van der Waals surface area contributed by atoms with E-state index in [1.54, 1.807) is 6.07 Å². The second kappa shape index (κ2) is 12.4. The molecular weight excluding hydrogens is 620 g/mol. The van der Waals surface area contributed by atoms with E-state index in [4.69, 9.17) is 9.84 Å². The maximum atomic E-state index is 14.1. The molecule has 0 aliphatic carbocycles. The lowest BCUT2D eigenvalue weighted by molar-refractivity contribution is -0.138. The number of aliphatic hydroxyl groups is 2. The van der Waals surface area contributed by atoms with E-state index in [9.17, 15) is 35.8 Å². The minimum absolute atomic E-state index is 0.101. The van der Waals surface area contributed by atoms with Crippen molar-refractivity contribution < 1.29 is 45.7 Å². The molecular formula is C26H24F7IO3. The van der Waals surface area contributed by atoms with Gasteiger partial charge in [-0.3, -0.25) is 0 Å². The van der Waals surface area contributed by atoms with Gasteiger partial charge in [0, 0.05) is 15.2 Å². The highest BCUT2D eigenvalue weighted by Gasteiger charge is 2.32. The second-order valence-corrected chi connectivity index (χ2v) is 9.38. The van der Waals surface area contributed by atoms with Crippen molar-refractivity contribution in [2.24, 2.45) is 0 Å². The maximum Gasteiger partial charge on any atom is 0.416 e. The van der Waals surface area contributed by atoms with Crippen LogP contribution in [0.5, 0.6) is 5.75 Å². The molecule has 11 heteroatoms. The Labute approximate surface area is 223 Å². The number of benzene rings is 3. The summed E-state index contributed by atoms with van der Waals surface area (Å²) >= 11 is 1.88. The molecule has 0 spiro atoms. The Morgan fingerprint density at radius 3 is 1.76 bits per heavy atom. The monoisotopic (exact) mass is 644 g/mol. The Morgan fingerprint density at radius 1 is 0.784 bits per heavy atom. The van der Waals surface area contributed by atoms with E-state index in [0.717, 1.165) is 24.3 Å². The van der Waals surface area contributed by atoms with Crippen LogP contribution >= 0.6 is 22.6 Å². The number of hydrogen-bond acceptors (Lipinski definition) is 3. The number of alkyl halides is 6. The molecule has 0 aromatic heterocycles. The molecule has 2 N–H and O–H groups in total. The predicted molar refractivity (Wildman–Crippen MR) is 133 cm³/mol. The van der Waals surface area contributed by atoms with Gasteiger partial charge in [0.05, 0.1) is 31.5 Å². The Hall–Kier alpha value is -2.38. The van der Waals surface area contributed by atoms with E-state index in [2.05, 4.69) is 0 Å². The maximum absolute atomic E-state index is 14.1. The minimum atomic E-state index is -4.50. The molecule has 0 saturated carbocycles. The zero-order chi connectivity index (χ0) is 28.1. The van der Waals surface area contributed by atoms with Crippen molar-refractivity contribution in [3.63, 3.8) is 0 Å². The average molecular weight is 644 g/mol. The zero-order valence-corrected chi connectivity index (χ0v) is 22.1. The molecule has 0 bridgehead atoms. The summed E-state index contributed by atoms with van der Waals surface area (Å²) in [6.45, 7) is 2.68. The van der Waals surface area contributed by atoms with Crippen LogP contribution in [0.15, 0.2) is 48.5 Å². The van der Waals surface area contributed by atoms with Crippen molar-refractivity contribution in [2.75, 3.05) is 7.11 Å². The third-order valence-electron chi connectivity index (χ3n) is 5.38. The van der Waals surface area contributed by atoms with Crippen LogP contribution in [0.3, 0.4) is 0 Å².